The van der Waals surface area contributed by atoms with E-state index in [0.29, 0.717) is 12.0 Å². The molecule has 0 radical (unpaired) electrons. The number of nitrogens with one attached hydrogen (secondary N) is 1. The minimum atomic E-state index is -0.859. The molecule has 24 heavy (non-hydrogen) atoms. The van der Waals surface area contributed by atoms with E-state index in [-0.39, 0.29) is 24.2 Å². The summed E-state index contributed by atoms with van der Waals surface area (Å²) in [7, 11) is 1.61. The first-order valence-electron chi connectivity index (χ1n) is 7.83. The second-order valence-electron chi connectivity index (χ2n) is 5.77. The number of halogens is 1. The molecule has 2 unspecified atom stereocenters. The monoisotopic (exact) mass is 331 g/mol. The molecule has 2 atom stereocenters. The summed E-state index contributed by atoms with van der Waals surface area (Å²) in [5.74, 6) is 0.0622. The maximum Gasteiger partial charge on any atom is 0.223 e. The van der Waals surface area contributed by atoms with Crippen LogP contribution in [-0.4, -0.2) is 24.7 Å². The van der Waals surface area contributed by atoms with Crippen LogP contribution in [0.2, 0.25) is 0 Å². The molecule has 5 heteroatoms. The van der Waals surface area contributed by atoms with Crippen LogP contribution in [0.4, 0.5) is 4.39 Å². The van der Waals surface area contributed by atoms with Gasteiger partial charge in [0.15, 0.2) is 0 Å². The lowest BCUT2D eigenvalue weighted by atomic mass is 10.00. The number of carbonyl (C=O) groups is 1. The molecule has 0 saturated heterocycles. The maximum absolute atomic E-state index is 12.9. The van der Waals surface area contributed by atoms with E-state index in [9.17, 15) is 14.3 Å². The van der Waals surface area contributed by atoms with Crippen molar-refractivity contribution in [2.24, 2.45) is 5.92 Å². The summed E-state index contributed by atoms with van der Waals surface area (Å²) in [6.45, 7) is 1.93. The number of methoxy groups -OCH3 is 1. The fourth-order valence-electron chi connectivity index (χ4n) is 2.38. The Morgan fingerprint density at radius 1 is 1.17 bits per heavy atom. The van der Waals surface area contributed by atoms with E-state index in [0.717, 1.165) is 11.3 Å². The van der Waals surface area contributed by atoms with Crippen molar-refractivity contribution in [3.8, 4) is 5.75 Å². The Labute approximate surface area is 141 Å². The van der Waals surface area contributed by atoms with Crippen LogP contribution in [0.5, 0.6) is 5.75 Å². The maximum atomic E-state index is 12.9. The highest BCUT2D eigenvalue weighted by atomic mass is 19.1. The molecule has 2 aromatic carbocycles. The van der Waals surface area contributed by atoms with Gasteiger partial charge >= 0.3 is 0 Å². The van der Waals surface area contributed by atoms with Crippen LogP contribution in [0.25, 0.3) is 0 Å². The van der Waals surface area contributed by atoms with Gasteiger partial charge in [-0.1, -0.05) is 31.2 Å². The average Bonchev–Trinajstić information content (AvgIpc) is 2.60. The highest BCUT2D eigenvalue weighted by molar-refractivity contribution is 5.78. The molecule has 2 N–H and O–H groups in total. The minimum Gasteiger partial charge on any atom is -0.497 e. The molecule has 2 aromatic rings. The third kappa shape index (κ3) is 5.06. The van der Waals surface area contributed by atoms with Gasteiger partial charge in [0.2, 0.25) is 5.91 Å². The van der Waals surface area contributed by atoms with Crippen molar-refractivity contribution in [1.82, 2.24) is 5.32 Å². The van der Waals surface area contributed by atoms with E-state index in [1.54, 1.807) is 7.11 Å². The third-order valence-corrected chi connectivity index (χ3v) is 3.87. The molecule has 2 rings (SSSR count). The van der Waals surface area contributed by atoms with Crippen LogP contribution in [0.15, 0.2) is 48.5 Å². The van der Waals surface area contributed by atoms with Crippen molar-refractivity contribution in [1.29, 1.82) is 0 Å². The zero-order valence-electron chi connectivity index (χ0n) is 13.8. The zero-order chi connectivity index (χ0) is 17.5. The Balaban J connectivity index is 1.83. The molecule has 0 fully saturated rings. The van der Waals surface area contributed by atoms with E-state index in [1.165, 1.54) is 24.3 Å². The van der Waals surface area contributed by atoms with Gasteiger partial charge in [-0.3, -0.25) is 4.79 Å². The van der Waals surface area contributed by atoms with Crippen LogP contribution in [0.1, 0.15) is 24.2 Å². The average molecular weight is 331 g/mol. The number of benzene rings is 2. The fourth-order valence-corrected chi connectivity index (χ4v) is 2.38. The SMILES string of the molecule is COc1ccc(CC(C)C(=O)NCC(O)c2ccc(F)cc2)cc1. The first kappa shape index (κ1) is 17.9. The number of aliphatic hydroxyl groups is 1. The predicted octanol–water partition coefficient (Wildman–Crippen LogP) is 2.86. The molecule has 0 aromatic heterocycles. The van der Waals surface area contributed by atoms with Gasteiger partial charge in [0.05, 0.1) is 13.2 Å². The zero-order valence-corrected chi connectivity index (χ0v) is 13.8. The van der Waals surface area contributed by atoms with Gasteiger partial charge in [0, 0.05) is 12.5 Å². The molecular weight excluding hydrogens is 309 g/mol. The lowest BCUT2D eigenvalue weighted by Gasteiger charge is -2.16. The van der Waals surface area contributed by atoms with Gasteiger partial charge in [-0.25, -0.2) is 4.39 Å². The van der Waals surface area contributed by atoms with E-state index < -0.39 is 6.10 Å². The smallest absolute Gasteiger partial charge is 0.223 e. The second-order valence-corrected chi connectivity index (χ2v) is 5.77. The molecule has 1 amide bonds. The summed E-state index contributed by atoms with van der Waals surface area (Å²) in [5, 5.41) is 12.8. The number of ether oxygens (including phenoxy) is 1. The fraction of sp³-hybridized carbons (Fsp3) is 0.316. The molecular formula is C19H22FNO3. The first-order chi connectivity index (χ1) is 11.5. The van der Waals surface area contributed by atoms with Crippen LogP contribution >= 0.6 is 0 Å². The molecule has 0 aliphatic carbocycles. The van der Waals surface area contributed by atoms with Gasteiger partial charge in [0.1, 0.15) is 11.6 Å². The molecule has 0 aliphatic rings. The summed E-state index contributed by atoms with van der Waals surface area (Å²) in [4.78, 5) is 12.2. The Morgan fingerprint density at radius 3 is 2.38 bits per heavy atom. The topological polar surface area (TPSA) is 58.6 Å². The minimum absolute atomic E-state index is 0.0947. The molecule has 0 bridgehead atoms. The third-order valence-electron chi connectivity index (χ3n) is 3.87. The largest absolute Gasteiger partial charge is 0.497 e. The normalized spacial score (nSPS) is 13.2. The summed E-state index contributed by atoms with van der Waals surface area (Å²) in [6, 6.07) is 13.2. The van der Waals surface area contributed by atoms with Crippen molar-refractivity contribution in [2.45, 2.75) is 19.4 Å². The number of hydrogen-bond donors (Lipinski definition) is 2. The van der Waals surface area contributed by atoms with Crippen molar-refractivity contribution in [3.63, 3.8) is 0 Å². The number of aliphatic hydroxyl groups excluding tert-OH is 1. The molecule has 0 aliphatic heterocycles. The summed E-state index contributed by atoms with van der Waals surface area (Å²) >= 11 is 0. The second kappa shape index (κ2) is 8.45. The van der Waals surface area contributed by atoms with E-state index in [4.69, 9.17) is 4.74 Å². The van der Waals surface area contributed by atoms with Crippen LogP contribution in [0.3, 0.4) is 0 Å². The van der Waals surface area contributed by atoms with Crippen molar-refractivity contribution in [2.75, 3.05) is 13.7 Å². The van der Waals surface area contributed by atoms with Gasteiger partial charge in [-0.05, 0) is 41.8 Å². The van der Waals surface area contributed by atoms with Crippen LogP contribution < -0.4 is 10.1 Å². The molecule has 0 spiro atoms. The number of carbonyl (C=O) groups excluding carboxylic acids is 1. The van der Waals surface area contributed by atoms with Gasteiger partial charge in [0.25, 0.3) is 0 Å². The molecule has 4 nitrogen and oxygen atoms in total. The Hall–Kier alpha value is -2.40. The Morgan fingerprint density at radius 2 is 1.79 bits per heavy atom. The summed E-state index contributed by atoms with van der Waals surface area (Å²) in [5.41, 5.74) is 1.61. The number of rotatable bonds is 7. The predicted molar refractivity (Wildman–Crippen MR) is 90.2 cm³/mol. The molecule has 0 heterocycles. The van der Waals surface area contributed by atoms with Crippen molar-refractivity contribution in [3.05, 3.63) is 65.5 Å². The molecule has 128 valence electrons. The number of amides is 1. The highest BCUT2D eigenvalue weighted by Crippen LogP contribution is 2.16. The van der Waals surface area contributed by atoms with Crippen molar-refractivity contribution >= 4 is 5.91 Å². The van der Waals surface area contributed by atoms with E-state index in [2.05, 4.69) is 5.32 Å². The lowest BCUT2D eigenvalue weighted by molar-refractivity contribution is -0.124. The van der Waals surface area contributed by atoms with E-state index in [1.807, 2.05) is 31.2 Å². The standard InChI is InChI=1S/C19H22FNO3/c1-13(11-14-3-9-17(24-2)10-4-14)19(23)21-12-18(22)15-5-7-16(20)8-6-15/h3-10,13,18,22H,11-12H2,1-2H3,(H,21,23). The quantitative estimate of drug-likeness (QED) is 0.820. The van der Waals surface area contributed by atoms with E-state index >= 15 is 0 Å². The van der Waals surface area contributed by atoms with Gasteiger partial charge in [-0.15, -0.1) is 0 Å². The Kier molecular flexibility index (Phi) is 6.32. The van der Waals surface area contributed by atoms with Crippen LogP contribution in [-0.2, 0) is 11.2 Å². The first-order valence-corrected chi connectivity index (χ1v) is 7.83. The Bertz CT molecular complexity index is 655. The summed E-state index contributed by atoms with van der Waals surface area (Å²) in [6.07, 6.45) is -0.259. The summed E-state index contributed by atoms with van der Waals surface area (Å²) < 4.78 is 18.0. The highest BCUT2D eigenvalue weighted by Gasteiger charge is 2.15. The van der Waals surface area contributed by atoms with Gasteiger partial charge in [-0.2, -0.15) is 0 Å². The van der Waals surface area contributed by atoms with Crippen molar-refractivity contribution < 1.29 is 19.0 Å². The lowest BCUT2D eigenvalue weighted by Crippen LogP contribution is -2.33. The van der Waals surface area contributed by atoms with Crippen LogP contribution in [0, 0.1) is 11.7 Å². The number of hydrogen-bond acceptors (Lipinski definition) is 3. The molecule has 0 saturated carbocycles. The van der Waals surface area contributed by atoms with Gasteiger partial charge < -0.3 is 15.2 Å².